The van der Waals surface area contributed by atoms with Gasteiger partial charge < -0.3 is 19.5 Å². The molecule has 1 N–H and O–H groups in total. The van der Waals surface area contributed by atoms with Gasteiger partial charge in [0.15, 0.2) is 0 Å². The standard InChI is InChI=1S/C25H32N2O6S/c1-18(2)33-24-12-10-21(34(29,30)27-14-6-5-7-15-27)17-22(24)26-25(28)13-8-19-16-20(31-3)9-11-23(19)32-4/h8-13,16-18H,5-7,14-15H2,1-4H3,(H,26,28). The van der Waals surface area contributed by atoms with E-state index in [9.17, 15) is 13.2 Å². The van der Waals surface area contributed by atoms with Crippen molar-refractivity contribution in [3.8, 4) is 17.2 Å². The Bertz CT molecular complexity index is 1140. The van der Waals surface area contributed by atoms with Crippen molar-refractivity contribution in [1.82, 2.24) is 4.31 Å². The molecule has 0 unspecified atom stereocenters. The van der Waals surface area contributed by atoms with Crippen LogP contribution in [0.5, 0.6) is 17.2 Å². The minimum Gasteiger partial charge on any atom is -0.497 e. The molecule has 0 radical (unpaired) electrons. The van der Waals surface area contributed by atoms with Crippen LogP contribution in [0.25, 0.3) is 6.08 Å². The summed E-state index contributed by atoms with van der Waals surface area (Å²) in [7, 11) is -0.556. The first-order chi connectivity index (χ1) is 16.2. The van der Waals surface area contributed by atoms with E-state index < -0.39 is 15.9 Å². The third kappa shape index (κ3) is 6.30. The summed E-state index contributed by atoms with van der Waals surface area (Å²) in [5.41, 5.74) is 0.955. The summed E-state index contributed by atoms with van der Waals surface area (Å²) in [6, 6.07) is 9.83. The van der Waals surface area contributed by atoms with Crippen molar-refractivity contribution in [2.45, 2.75) is 44.1 Å². The first-order valence-corrected chi connectivity index (χ1v) is 12.7. The molecule has 0 atom stereocenters. The number of hydrogen-bond donors (Lipinski definition) is 1. The zero-order valence-corrected chi connectivity index (χ0v) is 20.9. The van der Waals surface area contributed by atoms with Gasteiger partial charge in [0, 0.05) is 24.7 Å². The van der Waals surface area contributed by atoms with Gasteiger partial charge in [-0.2, -0.15) is 4.31 Å². The number of benzene rings is 2. The summed E-state index contributed by atoms with van der Waals surface area (Å²) in [6.45, 7) is 4.72. The maximum absolute atomic E-state index is 13.1. The topological polar surface area (TPSA) is 94.2 Å². The van der Waals surface area contributed by atoms with Crippen LogP contribution in [0.4, 0.5) is 5.69 Å². The largest absolute Gasteiger partial charge is 0.497 e. The number of ether oxygens (including phenoxy) is 3. The lowest BCUT2D eigenvalue weighted by atomic mass is 10.1. The van der Waals surface area contributed by atoms with Crippen molar-refractivity contribution in [3.63, 3.8) is 0 Å². The Morgan fingerprint density at radius 2 is 1.71 bits per heavy atom. The van der Waals surface area contributed by atoms with Gasteiger partial charge in [0.2, 0.25) is 15.9 Å². The molecule has 0 spiro atoms. The Hall–Kier alpha value is -3.04. The molecule has 0 aliphatic carbocycles. The molecular formula is C25H32N2O6S. The second-order valence-corrected chi connectivity index (χ2v) is 10.2. The van der Waals surface area contributed by atoms with E-state index in [0.717, 1.165) is 19.3 Å². The molecule has 1 heterocycles. The summed E-state index contributed by atoms with van der Waals surface area (Å²) in [5.74, 6) is 1.17. The number of carbonyl (C=O) groups is 1. The minimum atomic E-state index is -3.66. The number of sulfonamides is 1. The molecule has 1 aliphatic heterocycles. The van der Waals surface area contributed by atoms with Gasteiger partial charge in [0.1, 0.15) is 17.2 Å². The van der Waals surface area contributed by atoms with Crippen LogP contribution < -0.4 is 19.5 Å². The maximum atomic E-state index is 13.1. The van der Waals surface area contributed by atoms with Gasteiger partial charge in [0.25, 0.3) is 0 Å². The van der Waals surface area contributed by atoms with Gasteiger partial charge in [0.05, 0.1) is 30.9 Å². The first kappa shape index (κ1) is 25.6. The maximum Gasteiger partial charge on any atom is 0.248 e. The third-order valence-corrected chi connectivity index (χ3v) is 7.27. The molecule has 1 amide bonds. The van der Waals surface area contributed by atoms with Crippen molar-refractivity contribution in [2.24, 2.45) is 0 Å². The highest BCUT2D eigenvalue weighted by atomic mass is 32.2. The third-order valence-electron chi connectivity index (χ3n) is 5.38. The highest BCUT2D eigenvalue weighted by Crippen LogP contribution is 2.31. The van der Waals surface area contributed by atoms with E-state index in [4.69, 9.17) is 14.2 Å². The van der Waals surface area contributed by atoms with E-state index in [1.165, 1.54) is 22.5 Å². The van der Waals surface area contributed by atoms with Gasteiger partial charge in [-0.3, -0.25) is 4.79 Å². The van der Waals surface area contributed by atoms with Crippen molar-refractivity contribution in [2.75, 3.05) is 32.6 Å². The zero-order valence-electron chi connectivity index (χ0n) is 20.0. The Morgan fingerprint density at radius 1 is 1.00 bits per heavy atom. The number of carbonyl (C=O) groups excluding carboxylic acids is 1. The van der Waals surface area contributed by atoms with Gasteiger partial charge in [-0.1, -0.05) is 6.42 Å². The Morgan fingerprint density at radius 3 is 2.35 bits per heavy atom. The summed E-state index contributed by atoms with van der Waals surface area (Å²) in [6.07, 6.45) is 5.51. The van der Waals surface area contributed by atoms with E-state index in [1.54, 1.807) is 44.6 Å². The molecule has 3 rings (SSSR count). The number of hydrogen-bond acceptors (Lipinski definition) is 6. The monoisotopic (exact) mass is 488 g/mol. The molecular weight excluding hydrogens is 456 g/mol. The van der Waals surface area contributed by atoms with Crippen molar-refractivity contribution in [3.05, 3.63) is 48.0 Å². The number of rotatable bonds is 9. The Labute approximate surface area is 201 Å². The Balaban J connectivity index is 1.87. The number of anilines is 1. The van der Waals surface area contributed by atoms with E-state index in [2.05, 4.69) is 5.32 Å². The average Bonchev–Trinajstić information content (AvgIpc) is 2.83. The fraction of sp³-hybridized carbons (Fsp3) is 0.400. The lowest BCUT2D eigenvalue weighted by molar-refractivity contribution is -0.111. The molecule has 9 heteroatoms. The normalized spacial score (nSPS) is 14.9. The quantitative estimate of drug-likeness (QED) is 0.529. The molecule has 0 saturated carbocycles. The molecule has 0 bridgehead atoms. The minimum absolute atomic E-state index is 0.124. The van der Waals surface area contributed by atoms with E-state index >= 15 is 0 Å². The summed E-state index contributed by atoms with van der Waals surface area (Å²) in [5, 5.41) is 2.76. The Kier molecular flexibility index (Phi) is 8.57. The molecule has 2 aromatic rings. The summed E-state index contributed by atoms with van der Waals surface area (Å²) < 4.78 is 44.1. The highest BCUT2D eigenvalue weighted by molar-refractivity contribution is 7.89. The molecule has 1 aliphatic rings. The number of methoxy groups -OCH3 is 2. The molecule has 34 heavy (non-hydrogen) atoms. The molecule has 0 aromatic heterocycles. The first-order valence-electron chi connectivity index (χ1n) is 11.3. The number of amides is 1. The second kappa shape index (κ2) is 11.4. The van der Waals surface area contributed by atoms with Gasteiger partial charge in [-0.15, -0.1) is 0 Å². The van der Waals surface area contributed by atoms with Crippen LogP contribution >= 0.6 is 0 Å². The predicted molar refractivity (Wildman–Crippen MR) is 132 cm³/mol. The fourth-order valence-corrected chi connectivity index (χ4v) is 5.23. The van der Waals surface area contributed by atoms with Gasteiger partial charge >= 0.3 is 0 Å². The summed E-state index contributed by atoms with van der Waals surface area (Å²) >= 11 is 0. The highest BCUT2D eigenvalue weighted by Gasteiger charge is 2.27. The second-order valence-electron chi connectivity index (χ2n) is 8.22. The van der Waals surface area contributed by atoms with E-state index in [1.807, 2.05) is 13.8 Å². The number of nitrogens with zero attached hydrogens (tertiary/aromatic N) is 1. The van der Waals surface area contributed by atoms with Crippen LogP contribution in [0.1, 0.15) is 38.7 Å². The molecule has 1 fully saturated rings. The molecule has 8 nitrogen and oxygen atoms in total. The average molecular weight is 489 g/mol. The predicted octanol–water partition coefficient (Wildman–Crippen LogP) is 4.32. The van der Waals surface area contributed by atoms with Crippen LogP contribution in [0, 0.1) is 0 Å². The zero-order chi connectivity index (χ0) is 24.7. The van der Waals surface area contributed by atoms with Crippen LogP contribution in [0.15, 0.2) is 47.4 Å². The van der Waals surface area contributed by atoms with Crippen LogP contribution in [-0.2, 0) is 14.8 Å². The number of piperidine rings is 1. The van der Waals surface area contributed by atoms with Gasteiger partial charge in [-0.05, 0) is 69.2 Å². The van der Waals surface area contributed by atoms with Crippen LogP contribution in [0.2, 0.25) is 0 Å². The molecule has 2 aromatic carbocycles. The SMILES string of the molecule is COc1ccc(OC)c(C=CC(=O)Nc2cc(S(=O)(=O)N3CCCCC3)ccc2OC(C)C)c1. The fourth-order valence-electron chi connectivity index (χ4n) is 3.69. The molecule has 184 valence electrons. The smallest absolute Gasteiger partial charge is 0.248 e. The van der Waals surface area contributed by atoms with Crippen molar-refractivity contribution < 1.29 is 27.4 Å². The van der Waals surface area contributed by atoms with Crippen molar-refractivity contribution >= 4 is 27.7 Å². The summed E-state index contributed by atoms with van der Waals surface area (Å²) in [4.78, 5) is 12.9. The molecule has 1 saturated heterocycles. The lowest BCUT2D eigenvalue weighted by Gasteiger charge is -2.26. The van der Waals surface area contributed by atoms with E-state index in [0.29, 0.717) is 41.6 Å². The van der Waals surface area contributed by atoms with E-state index in [-0.39, 0.29) is 11.0 Å². The van der Waals surface area contributed by atoms with Crippen LogP contribution in [-0.4, -0.2) is 52.0 Å². The van der Waals surface area contributed by atoms with Crippen LogP contribution in [0.3, 0.4) is 0 Å². The lowest BCUT2D eigenvalue weighted by Crippen LogP contribution is -2.35. The van der Waals surface area contributed by atoms with Gasteiger partial charge in [-0.25, -0.2) is 8.42 Å². The number of nitrogens with one attached hydrogen (secondary N) is 1. The van der Waals surface area contributed by atoms with Crippen molar-refractivity contribution in [1.29, 1.82) is 0 Å².